The Bertz CT molecular complexity index is 1370. The van der Waals surface area contributed by atoms with E-state index in [9.17, 15) is 24.4 Å². The van der Waals surface area contributed by atoms with Gasteiger partial charge in [-0.2, -0.15) is 0 Å². The summed E-state index contributed by atoms with van der Waals surface area (Å²) >= 11 is 0. The minimum absolute atomic E-state index is 0.0148. The van der Waals surface area contributed by atoms with Crippen LogP contribution < -0.4 is 15.7 Å². The zero-order valence-corrected chi connectivity index (χ0v) is 29.8. The van der Waals surface area contributed by atoms with Crippen LogP contribution >= 0.6 is 0 Å². The van der Waals surface area contributed by atoms with Crippen molar-refractivity contribution >= 4 is 30.1 Å². The Balaban J connectivity index is 1.89. The maximum absolute atomic E-state index is 14.1. The van der Waals surface area contributed by atoms with Crippen molar-refractivity contribution in [3.05, 3.63) is 59.3 Å². The molecule has 270 valence electrons. The first-order chi connectivity index (χ1) is 23.2. The smallest absolute Gasteiger partial charge is 0.408 e. The van der Waals surface area contributed by atoms with Crippen LogP contribution in [0.1, 0.15) is 97.7 Å². The average molecular weight is 683 g/mol. The molecule has 1 aliphatic rings. The summed E-state index contributed by atoms with van der Waals surface area (Å²) in [6, 6.07) is 5.91. The lowest BCUT2D eigenvalue weighted by Crippen LogP contribution is -3.16. The third-order valence-electron chi connectivity index (χ3n) is 8.27. The second-order valence-corrected chi connectivity index (χ2v) is 14.4. The summed E-state index contributed by atoms with van der Waals surface area (Å²) in [5.74, 6) is -1.60. The molecule has 13 heteroatoms. The Kier molecular flexibility index (Phi) is 14.9. The van der Waals surface area contributed by atoms with E-state index < -0.39 is 58.2 Å². The van der Waals surface area contributed by atoms with Crippen molar-refractivity contribution in [1.29, 1.82) is 0 Å². The number of rotatable bonds is 16. The third kappa shape index (κ3) is 14.1. The van der Waals surface area contributed by atoms with Crippen LogP contribution in [0.15, 0.2) is 47.8 Å². The van der Waals surface area contributed by atoms with E-state index in [1.165, 1.54) is 12.5 Å². The Labute approximate surface area is 289 Å². The predicted octanol–water partition coefficient (Wildman–Crippen LogP) is 3.62. The molecular weight excluding hydrogens is 628 g/mol. The summed E-state index contributed by atoms with van der Waals surface area (Å²) in [4.78, 5) is 64.7. The van der Waals surface area contributed by atoms with Crippen molar-refractivity contribution in [2.45, 2.75) is 129 Å². The highest BCUT2D eigenvalue weighted by atomic mass is 16.6. The fourth-order valence-corrected chi connectivity index (χ4v) is 5.88. The number of hydroxylamine groups is 2. The highest BCUT2D eigenvalue weighted by Gasteiger charge is 2.35. The summed E-state index contributed by atoms with van der Waals surface area (Å²) in [5.41, 5.74) is -0.415. The number of benzene rings is 1. The highest BCUT2D eigenvalue weighted by Crippen LogP contribution is 2.27. The van der Waals surface area contributed by atoms with Gasteiger partial charge in [0.05, 0.1) is 36.8 Å². The minimum atomic E-state index is -1.27. The topological polar surface area (TPSA) is 179 Å². The first-order valence-corrected chi connectivity index (χ1v) is 17.3. The van der Waals surface area contributed by atoms with Crippen molar-refractivity contribution in [3.8, 4) is 0 Å². The predicted molar refractivity (Wildman–Crippen MR) is 186 cm³/mol. The van der Waals surface area contributed by atoms with Crippen LogP contribution in [0.25, 0.3) is 0 Å². The van der Waals surface area contributed by atoms with Crippen LogP contribution in [0.5, 0.6) is 0 Å². The van der Waals surface area contributed by atoms with Gasteiger partial charge < -0.3 is 35.4 Å². The van der Waals surface area contributed by atoms with Crippen molar-refractivity contribution in [2.24, 2.45) is 10.9 Å². The minimum Gasteiger partial charge on any atom is -0.626 e. The van der Waals surface area contributed by atoms with E-state index in [1.54, 1.807) is 47.7 Å². The van der Waals surface area contributed by atoms with E-state index in [-0.39, 0.29) is 31.8 Å². The normalized spacial score (nSPS) is 16.7. The van der Waals surface area contributed by atoms with E-state index in [2.05, 4.69) is 25.6 Å². The third-order valence-corrected chi connectivity index (χ3v) is 8.27. The van der Waals surface area contributed by atoms with Crippen molar-refractivity contribution in [3.63, 3.8) is 0 Å². The van der Waals surface area contributed by atoms with E-state index >= 15 is 0 Å². The Hall–Kier alpha value is -4.10. The number of aliphatic imine (C=N–C) groups is 1. The largest absolute Gasteiger partial charge is 0.626 e. The summed E-state index contributed by atoms with van der Waals surface area (Å²) in [5, 5.41) is 18.8. The van der Waals surface area contributed by atoms with Gasteiger partial charge in [0.25, 0.3) is 0 Å². The SMILES string of the molecule is CCOC(=O)CC(C)(C)N=C[C@H](CC1CCCCC1)[NH+]([O-])C(=O)[C@H](Cc1c[nH]cn1)NC(=O)[C@H](Cc1ccccc1)NC(=O)OC(C)(C)C. The molecule has 0 radical (unpaired) electrons. The molecular formula is C36H54N6O7. The summed E-state index contributed by atoms with van der Waals surface area (Å²) < 4.78 is 10.5. The molecule has 3 rings (SSSR count). The first kappa shape index (κ1) is 39.3. The van der Waals surface area contributed by atoms with Crippen LogP contribution in [0.4, 0.5) is 4.79 Å². The molecule has 1 fully saturated rings. The molecule has 0 bridgehead atoms. The fraction of sp³-hybridized carbons (Fsp3) is 0.611. The molecule has 2 aromatic rings. The van der Waals surface area contributed by atoms with E-state index in [1.807, 2.05) is 30.3 Å². The fourth-order valence-electron chi connectivity index (χ4n) is 5.88. The summed E-state index contributed by atoms with van der Waals surface area (Å²) in [6.07, 6.45) is 9.41. The molecule has 0 saturated heterocycles. The number of esters is 1. The molecule has 1 aromatic carbocycles. The van der Waals surface area contributed by atoms with E-state index in [0.29, 0.717) is 12.1 Å². The van der Waals surface area contributed by atoms with Crippen LogP contribution in [0.3, 0.4) is 0 Å². The van der Waals surface area contributed by atoms with Crippen LogP contribution in [0.2, 0.25) is 0 Å². The molecule has 13 nitrogen and oxygen atoms in total. The number of nitrogens with zero attached hydrogens (tertiary/aromatic N) is 2. The molecule has 1 heterocycles. The number of carbonyl (C=O) groups is 4. The maximum Gasteiger partial charge on any atom is 0.408 e. The molecule has 1 unspecified atom stereocenters. The number of H-pyrrole nitrogens is 1. The second kappa shape index (κ2) is 18.6. The number of amides is 3. The zero-order chi connectivity index (χ0) is 36.0. The molecule has 1 saturated carbocycles. The summed E-state index contributed by atoms with van der Waals surface area (Å²) in [6.45, 7) is 10.7. The molecule has 49 heavy (non-hydrogen) atoms. The standard InChI is InChI=1S/C36H54N6O7/c1-7-48-31(43)21-36(5,6)39-23-28(18-25-14-10-8-11-15-25)42(47)33(45)30(20-27-22-37-24-38-27)40-32(44)29(19-26-16-12-9-13-17-26)41-34(46)49-35(2,3)4/h9,12-13,16-17,22-25,28-30,42H,7-8,10-11,14-15,18-21H2,1-6H3,(H,37,38)(H,40,44)(H,41,46)/t28-,29-,30-/m0/s1. The lowest BCUT2D eigenvalue weighted by Gasteiger charge is -2.34. The van der Waals surface area contributed by atoms with E-state index in [0.717, 1.165) is 37.7 Å². The van der Waals surface area contributed by atoms with Crippen molar-refractivity contribution in [2.75, 3.05) is 6.61 Å². The lowest BCUT2D eigenvalue weighted by atomic mass is 9.84. The van der Waals surface area contributed by atoms with Gasteiger partial charge in [0.1, 0.15) is 17.7 Å². The molecule has 1 aliphatic carbocycles. The Morgan fingerprint density at radius 2 is 1.73 bits per heavy atom. The number of nitrogens with one attached hydrogen (secondary N) is 4. The van der Waals surface area contributed by atoms with Crippen molar-refractivity contribution < 1.29 is 33.7 Å². The van der Waals surface area contributed by atoms with Gasteiger partial charge in [0.2, 0.25) is 5.91 Å². The van der Waals surface area contributed by atoms with Crippen LogP contribution in [-0.4, -0.2) is 75.9 Å². The van der Waals surface area contributed by atoms with Crippen LogP contribution in [0, 0.1) is 11.1 Å². The highest BCUT2D eigenvalue weighted by molar-refractivity contribution is 5.90. The van der Waals surface area contributed by atoms with Gasteiger partial charge in [0, 0.05) is 25.5 Å². The molecule has 1 aromatic heterocycles. The number of imidazole rings is 1. The van der Waals surface area contributed by atoms with Gasteiger partial charge in [-0.15, -0.1) is 0 Å². The average Bonchev–Trinajstić information content (AvgIpc) is 3.55. The van der Waals surface area contributed by atoms with Gasteiger partial charge in [0.15, 0.2) is 6.04 Å². The molecule has 0 spiro atoms. The number of ether oxygens (including phenoxy) is 2. The second-order valence-electron chi connectivity index (χ2n) is 14.4. The van der Waals surface area contributed by atoms with Crippen LogP contribution in [-0.2, 0) is 36.7 Å². The number of aromatic nitrogens is 2. The number of aromatic amines is 1. The van der Waals surface area contributed by atoms with Crippen molar-refractivity contribution in [1.82, 2.24) is 20.6 Å². The Morgan fingerprint density at radius 1 is 1.04 bits per heavy atom. The zero-order valence-electron chi connectivity index (χ0n) is 29.8. The molecule has 4 atom stereocenters. The quantitative estimate of drug-likeness (QED) is 0.118. The first-order valence-electron chi connectivity index (χ1n) is 17.3. The maximum atomic E-state index is 14.1. The number of hydrogen-bond donors (Lipinski definition) is 4. The molecule has 4 N–H and O–H groups in total. The van der Waals surface area contributed by atoms with Gasteiger partial charge in [-0.25, -0.2) is 14.6 Å². The monoisotopic (exact) mass is 682 g/mol. The summed E-state index contributed by atoms with van der Waals surface area (Å²) in [7, 11) is 0. The number of alkyl carbamates (subject to hydrolysis) is 1. The molecule has 0 aliphatic heterocycles. The van der Waals surface area contributed by atoms with Gasteiger partial charge in [-0.1, -0.05) is 62.4 Å². The number of quaternary nitrogens is 1. The van der Waals surface area contributed by atoms with Gasteiger partial charge >= 0.3 is 18.0 Å². The molecule has 3 amide bonds. The van der Waals surface area contributed by atoms with Gasteiger partial charge in [-0.05, 0) is 53.0 Å². The van der Waals surface area contributed by atoms with Gasteiger partial charge in [-0.3, -0.25) is 14.6 Å². The van der Waals surface area contributed by atoms with E-state index in [4.69, 9.17) is 9.47 Å². The lowest BCUT2D eigenvalue weighted by molar-refractivity contribution is -0.783. The Morgan fingerprint density at radius 3 is 2.35 bits per heavy atom. The number of carbonyl (C=O) groups excluding carboxylic acids is 4. The number of hydrogen-bond acceptors (Lipinski definition) is 9.